The maximum absolute atomic E-state index is 4.39. The molecule has 3 heterocycles. The topological polar surface area (TPSA) is 37.2 Å². The van der Waals surface area contributed by atoms with Gasteiger partial charge in [-0.15, -0.1) is 0 Å². The van der Waals surface area contributed by atoms with Crippen molar-refractivity contribution in [2.75, 3.05) is 24.5 Å². The third kappa shape index (κ3) is 3.78. The van der Waals surface area contributed by atoms with Crippen molar-refractivity contribution in [3.05, 3.63) is 78.6 Å². The van der Waals surface area contributed by atoms with Gasteiger partial charge >= 0.3 is 0 Å². The van der Waals surface area contributed by atoms with E-state index in [9.17, 15) is 0 Å². The number of imidazole rings is 1. The summed E-state index contributed by atoms with van der Waals surface area (Å²) < 4.78 is 2.26. The van der Waals surface area contributed by atoms with Gasteiger partial charge in [0.1, 0.15) is 0 Å². The van der Waals surface area contributed by atoms with Gasteiger partial charge < -0.3 is 9.47 Å². The molecular weight excluding hydrogens is 322 g/mol. The van der Waals surface area contributed by atoms with Crippen molar-refractivity contribution in [3.63, 3.8) is 0 Å². The summed E-state index contributed by atoms with van der Waals surface area (Å²) in [7, 11) is 0. The van der Waals surface area contributed by atoms with Crippen molar-refractivity contribution in [1.82, 2.24) is 19.4 Å². The average Bonchev–Trinajstić information content (AvgIpc) is 3.11. The van der Waals surface area contributed by atoms with Gasteiger partial charge in [0.05, 0.1) is 12.0 Å². The molecule has 4 rings (SSSR count). The average molecular weight is 347 g/mol. The fraction of sp³-hybridized carbons (Fsp3) is 0.333. The highest BCUT2D eigenvalue weighted by Gasteiger charge is 2.24. The summed E-state index contributed by atoms with van der Waals surface area (Å²) in [6.45, 7) is 7.27. The summed E-state index contributed by atoms with van der Waals surface area (Å²) in [4.78, 5) is 13.5. The van der Waals surface area contributed by atoms with Gasteiger partial charge in [0.25, 0.3) is 0 Å². The Morgan fingerprint density at radius 1 is 0.962 bits per heavy atom. The van der Waals surface area contributed by atoms with Crippen LogP contribution >= 0.6 is 0 Å². The second-order valence-corrected chi connectivity index (χ2v) is 6.97. The highest BCUT2D eigenvalue weighted by molar-refractivity contribution is 5.45. The minimum atomic E-state index is 0.497. The number of anilines is 1. The summed E-state index contributed by atoms with van der Waals surface area (Å²) >= 11 is 0. The molecule has 1 aliphatic heterocycles. The van der Waals surface area contributed by atoms with E-state index in [1.807, 2.05) is 24.9 Å². The lowest BCUT2D eigenvalue weighted by Crippen LogP contribution is -2.51. The molecule has 0 radical (unpaired) electrons. The summed E-state index contributed by atoms with van der Waals surface area (Å²) in [5, 5.41) is 0. The van der Waals surface area contributed by atoms with Crippen molar-refractivity contribution in [2.24, 2.45) is 0 Å². The molecule has 5 heteroatoms. The van der Waals surface area contributed by atoms with Crippen molar-refractivity contribution in [3.8, 4) is 0 Å². The van der Waals surface area contributed by atoms with E-state index < -0.39 is 0 Å². The highest BCUT2D eigenvalue weighted by Crippen LogP contribution is 2.20. The van der Waals surface area contributed by atoms with Crippen LogP contribution in [0, 0.1) is 0 Å². The Balaban J connectivity index is 1.40. The van der Waals surface area contributed by atoms with Crippen LogP contribution in [0.2, 0.25) is 0 Å². The molecule has 0 aliphatic carbocycles. The molecule has 3 aromatic rings. The van der Waals surface area contributed by atoms with Gasteiger partial charge in [-0.25, -0.2) is 4.98 Å². The first kappa shape index (κ1) is 16.8. The van der Waals surface area contributed by atoms with Crippen LogP contribution < -0.4 is 4.90 Å². The number of hydrogen-bond acceptors (Lipinski definition) is 4. The SMILES string of the molecule is CC1CN(c2ccncc2)CCN1Cc1cncn1Cc1ccccc1. The van der Waals surface area contributed by atoms with Crippen LogP contribution in [0.1, 0.15) is 18.2 Å². The maximum Gasteiger partial charge on any atom is 0.0951 e. The lowest BCUT2D eigenvalue weighted by Gasteiger charge is -2.41. The molecule has 1 saturated heterocycles. The fourth-order valence-corrected chi connectivity index (χ4v) is 3.63. The van der Waals surface area contributed by atoms with Gasteiger partial charge in [0.15, 0.2) is 0 Å². The number of pyridine rings is 1. The summed E-state index contributed by atoms with van der Waals surface area (Å²) in [5.41, 5.74) is 3.85. The van der Waals surface area contributed by atoms with Crippen molar-refractivity contribution in [1.29, 1.82) is 0 Å². The van der Waals surface area contributed by atoms with Crippen LogP contribution in [-0.2, 0) is 13.1 Å². The zero-order valence-corrected chi connectivity index (χ0v) is 15.2. The van der Waals surface area contributed by atoms with Crippen LogP contribution in [0.4, 0.5) is 5.69 Å². The molecule has 1 atom stereocenters. The van der Waals surface area contributed by atoms with Gasteiger partial charge in [-0.3, -0.25) is 9.88 Å². The Bertz CT molecular complexity index is 815. The van der Waals surface area contributed by atoms with Gasteiger partial charge in [0, 0.05) is 63.0 Å². The number of aromatic nitrogens is 3. The van der Waals surface area contributed by atoms with E-state index in [1.54, 1.807) is 0 Å². The van der Waals surface area contributed by atoms with Crippen LogP contribution in [0.25, 0.3) is 0 Å². The molecule has 1 fully saturated rings. The molecule has 1 unspecified atom stereocenters. The third-order valence-corrected chi connectivity index (χ3v) is 5.15. The van der Waals surface area contributed by atoms with Gasteiger partial charge in [-0.05, 0) is 24.6 Å². The normalized spacial score (nSPS) is 18.2. The van der Waals surface area contributed by atoms with Gasteiger partial charge in [-0.2, -0.15) is 0 Å². The van der Waals surface area contributed by atoms with E-state index in [4.69, 9.17) is 0 Å². The molecule has 0 spiro atoms. The van der Waals surface area contributed by atoms with Crippen molar-refractivity contribution < 1.29 is 0 Å². The second-order valence-electron chi connectivity index (χ2n) is 6.97. The number of nitrogens with zero attached hydrogens (tertiary/aromatic N) is 5. The third-order valence-electron chi connectivity index (χ3n) is 5.15. The Morgan fingerprint density at radius 3 is 2.54 bits per heavy atom. The molecule has 1 aliphatic rings. The molecule has 2 aromatic heterocycles. The smallest absolute Gasteiger partial charge is 0.0951 e. The van der Waals surface area contributed by atoms with Crippen LogP contribution in [-0.4, -0.2) is 45.1 Å². The zero-order chi connectivity index (χ0) is 17.8. The largest absolute Gasteiger partial charge is 0.369 e. The molecular formula is C21H25N5. The predicted molar refractivity (Wildman–Crippen MR) is 104 cm³/mol. The number of piperazine rings is 1. The number of rotatable bonds is 5. The first-order valence-electron chi connectivity index (χ1n) is 9.21. The first-order valence-corrected chi connectivity index (χ1v) is 9.21. The number of hydrogen-bond donors (Lipinski definition) is 0. The molecule has 0 amide bonds. The van der Waals surface area contributed by atoms with E-state index >= 15 is 0 Å². The Labute approximate surface area is 154 Å². The quantitative estimate of drug-likeness (QED) is 0.711. The predicted octanol–water partition coefficient (Wildman–Crippen LogP) is 3.04. The fourth-order valence-electron chi connectivity index (χ4n) is 3.63. The summed E-state index contributed by atoms with van der Waals surface area (Å²) in [6, 6.07) is 15.3. The molecule has 0 bridgehead atoms. The van der Waals surface area contributed by atoms with Gasteiger partial charge in [0.2, 0.25) is 0 Å². The summed E-state index contributed by atoms with van der Waals surface area (Å²) in [5.74, 6) is 0. The second kappa shape index (κ2) is 7.70. The molecule has 5 nitrogen and oxygen atoms in total. The number of benzene rings is 1. The monoisotopic (exact) mass is 347 g/mol. The van der Waals surface area contributed by atoms with Crippen LogP contribution in [0.3, 0.4) is 0 Å². The summed E-state index contributed by atoms with van der Waals surface area (Å²) in [6.07, 6.45) is 7.69. The standard InChI is InChI=1S/C21H25N5/c1-18-14-25(20-7-9-22-10-8-20)12-11-24(18)16-21-13-23-17-26(21)15-19-5-3-2-4-6-19/h2-10,13,17-18H,11-12,14-16H2,1H3. The highest BCUT2D eigenvalue weighted by atomic mass is 15.3. The van der Waals surface area contributed by atoms with Crippen molar-refractivity contribution in [2.45, 2.75) is 26.1 Å². The molecule has 0 saturated carbocycles. The van der Waals surface area contributed by atoms with E-state index in [2.05, 4.69) is 73.7 Å². The first-order chi connectivity index (χ1) is 12.8. The van der Waals surface area contributed by atoms with Crippen LogP contribution in [0.15, 0.2) is 67.4 Å². The lowest BCUT2D eigenvalue weighted by atomic mass is 10.1. The minimum Gasteiger partial charge on any atom is -0.369 e. The minimum absolute atomic E-state index is 0.497. The molecule has 134 valence electrons. The lowest BCUT2D eigenvalue weighted by molar-refractivity contribution is 0.177. The molecule has 0 N–H and O–H groups in total. The van der Waals surface area contributed by atoms with E-state index in [0.29, 0.717) is 6.04 Å². The molecule has 26 heavy (non-hydrogen) atoms. The Hall–Kier alpha value is -2.66. The van der Waals surface area contributed by atoms with E-state index in [1.165, 1.54) is 16.9 Å². The Morgan fingerprint density at radius 2 is 1.77 bits per heavy atom. The molecule has 1 aromatic carbocycles. The van der Waals surface area contributed by atoms with E-state index in [-0.39, 0.29) is 0 Å². The maximum atomic E-state index is 4.39. The zero-order valence-electron chi connectivity index (χ0n) is 15.2. The van der Waals surface area contributed by atoms with Crippen molar-refractivity contribution >= 4 is 5.69 Å². The van der Waals surface area contributed by atoms with Crippen LogP contribution in [0.5, 0.6) is 0 Å². The van der Waals surface area contributed by atoms with E-state index in [0.717, 1.165) is 32.7 Å². The van der Waals surface area contributed by atoms with Gasteiger partial charge in [-0.1, -0.05) is 30.3 Å². The Kier molecular flexibility index (Phi) is 4.97.